The van der Waals surface area contributed by atoms with Crippen LogP contribution in [0.4, 0.5) is 10.7 Å². The van der Waals surface area contributed by atoms with Crippen molar-refractivity contribution in [2.24, 2.45) is 16.3 Å². The van der Waals surface area contributed by atoms with E-state index in [0.717, 1.165) is 40.4 Å². The summed E-state index contributed by atoms with van der Waals surface area (Å²) in [5.74, 6) is 0.520. The summed E-state index contributed by atoms with van der Waals surface area (Å²) in [4.78, 5) is 20.6. The monoisotopic (exact) mass is 470 g/mol. The van der Waals surface area contributed by atoms with Crippen molar-refractivity contribution in [3.8, 4) is 0 Å². The molecule has 3 aromatic rings. The molecule has 1 amide bonds. The SMILES string of the molecule is Cc1ccsc1C=Nc1sc2c(c1C(=O)Nc1ccc(Cl)cc1)CC[C@@H](C(C)(C)C)C2. The van der Waals surface area contributed by atoms with E-state index in [2.05, 4.69) is 44.5 Å². The van der Waals surface area contributed by atoms with Crippen molar-refractivity contribution in [1.82, 2.24) is 0 Å². The van der Waals surface area contributed by atoms with Crippen LogP contribution in [0.2, 0.25) is 5.02 Å². The molecule has 162 valence electrons. The van der Waals surface area contributed by atoms with Gasteiger partial charge in [-0.2, -0.15) is 0 Å². The van der Waals surface area contributed by atoms with E-state index in [-0.39, 0.29) is 11.3 Å². The fourth-order valence-electron chi connectivity index (χ4n) is 4.00. The third-order valence-electron chi connectivity index (χ3n) is 6.00. The number of aryl methyl sites for hydroxylation is 1. The molecule has 1 N–H and O–H groups in total. The van der Waals surface area contributed by atoms with E-state index in [4.69, 9.17) is 16.6 Å². The molecule has 0 spiro atoms. The standard InChI is InChI=1S/C25H27ClN2OS2/c1-15-11-12-30-21(15)14-27-24-22(23(29)28-18-8-6-17(26)7-9-18)19-10-5-16(25(2,3)4)13-20(19)31-24/h6-9,11-12,14,16H,5,10,13H2,1-4H3,(H,28,29)/t16-/m1/s1. The van der Waals surface area contributed by atoms with Crippen LogP contribution in [0.5, 0.6) is 0 Å². The summed E-state index contributed by atoms with van der Waals surface area (Å²) in [5, 5.41) is 6.57. The van der Waals surface area contributed by atoms with Gasteiger partial charge in [-0.1, -0.05) is 32.4 Å². The van der Waals surface area contributed by atoms with Crippen molar-refractivity contribution < 1.29 is 4.79 Å². The van der Waals surface area contributed by atoms with Gasteiger partial charge in [0.05, 0.1) is 5.56 Å². The Labute approximate surface area is 197 Å². The first kappa shape index (κ1) is 22.3. The molecule has 1 aliphatic rings. The Hall–Kier alpha value is -1.95. The largest absolute Gasteiger partial charge is 0.322 e. The Morgan fingerprint density at radius 3 is 2.61 bits per heavy atom. The molecule has 0 unspecified atom stereocenters. The average molecular weight is 471 g/mol. The number of rotatable bonds is 4. The van der Waals surface area contributed by atoms with Gasteiger partial charge in [0.15, 0.2) is 0 Å². The summed E-state index contributed by atoms with van der Waals surface area (Å²) in [6.45, 7) is 9.01. The molecule has 0 saturated heterocycles. The zero-order chi connectivity index (χ0) is 22.2. The van der Waals surface area contributed by atoms with Gasteiger partial charge < -0.3 is 5.32 Å². The first-order chi connectivity index (χ1) is 14.7. The number of amides is 1. The van der Waals surface area contributed by atoms with Crippen LogP contribution in [0.3, 0.4) is 0 Å². The summed E-state index contributed by atoms with van der Waals surface area (Å²) >= 11 is 9.34. The first-order valence-corrected chi connectivity index (χ1v) is 12.6. The summed E-state index contributed by atoms with van der Waals surface area (Å²) in [6.07, 6.45) is 4.93. The molecule has 4 rings (SSSR count). The quantitative estimate of drug-likeness (QED) is 0.386. The van der Waals surface area contributed by atoms with Gasteiger partial charge in [0.25, 0.3) is 5.91 Å². The van der Waals surface area contributed by atoms with E-state index in [1.54, 1.807) is 34.8 Å². The van der Waals surface area contributed by atoms with Gasteiger partial charge in [-0.25, -0.2) is 4.99 Å². The van der Waals surface area contributed by atoms with E-state index in [0.29, 0.717) is 10.9 Å². The zero-order valence-electron chi connectivity index (χ0n) is 18.3. The zero-order valence-corrected chi connectivity index (χ0v) is 20.7. The van der Waals surface area contributed by atoms with E-state index in [1.165, 1.54) is 16.0 Å². The number of anilines is 1. The van der Waals surface area contributed by atoms with E-state index in [9.17, 15) is 4.79 Å². The molecular formula is C25H27ClN2OS2. The minimum absolute atomic E-state index is 0.0934. The van der Waals surface area contributed by atoms with Gasteiger partial charge in [-0.3, -0.25) is 4.79 Å². The Kier molecular flexibility index (Phi) is 6.38. The lowest BCUT2D eigenvalue weighted by atomic mass is 9.72. The molecule has 0 saturated carbocycles. The second-order valence-corrected chi connectivity index (χ2v) is 11.6. The van der Waals surface area contributed by atoms with Crippen LogP contribution in [-0.4, -0.2) is 12.1 Å². The highest BCUT2D eigenvalue weighted by atomic mass is 35.5. The number of benzene rings is 1. The molecule has 0 radical (unpaired) electrons. The predicted octanol–water partition coefficient (Wildman–Crippen LogP) is 7.93. The second-order valence-electron chi connectivity index (χ2n) is 9.18. The molecule has 2 heterocycles. The van der Waals surface area contributed by atoms with Crippen molar-refractivity contribution in [3.05, 3.63) is 67.2 Å². The lowest BCUT2D eigenvalue weighted by Gasteiger charge is -2.33. The minimum atomic E-state index is -0.0934. The molecule has 1 aromatic carbocycles. The molecule has 0 fully saturated rings. The Morgan fingerprint density at radius 1 is 1.23 bits per heavy atom. The first-order valence-electron chi connectivity index (χ1n) is 10.5. The van der Waals surface area contributed by atoms with Crippen LogP contribution in [0.25, 0.3) is 0 Å². The third-order valence-corrected chi connectivity index (χ3v) is 8.37. The summed E-state index contributed by atoms with van der Waals surface area (Å²) < 4.78 is 0. The summed E-state index contributed by atoms with van der Waals surface area (Å²) in [6, 6.07) is 9.31. The lowest BCUT2D eigenvalue weighted by molar-refractivity contribution is 0.102. The van der Waals surface area contributed by atoms with Gasteiger partial charge in [-0.15, -0.1) is 22.7 Å². The third kappa shape index (κ3) is 4.94. The number of carbonyl (C=O) groups excluding carboxylic acids is 1. The predicted molar refractivity (Wildman–Crippen MR) is 135 cm³/mol. The number of nitrogens with zero attached hydrogens (tertiary/aromatic N) is 1. The van der Waals surface area contributed by atoms with E-state index >= 15 is 0 Å². The van der Waals surface area contributed by atoms with Crippen LogP contribution in [0.1, 0.15) is 58.4 Å². The van der Waals surface area contributed by atoms with E-state index in [1.807, 2.05) is 18.3 Å². The number of thiophene rings is 2. The van der Waals surface area contributed by atoms with Crippen molar-refractivity contribution in [3.63, 3.8) is 0 Å². The van der Waals surface area contributed by atoms with Gasteiger partial charge in [0.2, 0.25) is 0 Å². The van der Waals surface area contributed by atoms with Crippen molar-refractivity contribution >= 4 is 57.1 Å². The van der Waals surface area contributed by atoms with Gasteiger partial charge in [0.1, 0.15) is 5.00 Å². The molecule has 2 aromatic heterocycles. The molecule has 1 aliphatic carbocycles. The summed E-state index contributed by atoms with van der Waals surface area (Å²) in [7, 11) is 0. The molecular weight excluding hydrogens is 444 g/mol. The maximum Gasteiger partial charge on any atom is 0.259 e. The minimum Gasteiger partial charge on any atom is -0.322 e. The number of fused-ring (bicyclic) bond motifs is 1. The molecule has 0 bridgehead atoms. The van der Waals surface area contributed by atoms with Gasteiger partial charge >= 0.3 is 0 Å². The second kappa shape index (κ2) is 8.89. The molecule has 3 nitrogen and oxygen atoms in total. The molecule has 0 aliphatic heterocycles. The van der Waals surface area contributed by atoms with Crippen LogP contribution >= 0.6 is 34.3 Å². The normalized spacial score (nSPS) is 16.5. The van der Waals surface area contributed by atoms with Crippen LogP contribution in [0.15, 0.2) is 40.7 Å². The fraction of sp³-hybridized carbons (Fsp3) is 0.360. The maximum absolute atomic E-state index is 13.4. The fourth-order valence-corrected chi connectivity index (χ4v) is 6.18. The number of aliphatic imine (C=N–C) groups is 1. The van der Waals surface area contributed by atoms with Crippen molar-refractivity contribution in [1.29, 1.82) is 0 Å². The average Bonchev–Trinajstić information content (AvgIpc) is 3.29. The van der Waals surface area contributed by atoms with Gasteiger partial charge in [-0.05, 0) is 84.4 Å². The molecule has 6 heteroatoms. The Bertz CT molecular complexity index is 1120. The van der Waals surface area contributed by atoms with Gasteiger partial charge in [0, 0.05) is 26.7 Å². The number of halogens is 1. The number of carbonyl (C=O) groups is 1. The Balaban J connectivity index is 1.70. The number of hydrogen-bond acceptors (Lipinski definition) is 4. The highest BCUT2D eigenvalue weighted by Gasteiger charge is 2.33. The van der Waals surface area contributed by atoms with Crippen molar-refractivity contribution in [2.45, 2.75) is 47.0 Å². The lowest BCUT2D eigenvalue weighted by Crippen LogP contribution is -2.27. The number of hydrogen-bond donors (Lipinski definition) is 1. The van der Waals surface area contributed by atoms with Crippen LogP contribution in [-0.2, 0) is 12.8 Å². The maximum atomic E-state index is 13.4. The van der Waals surface area contributed by atoms with Crippen molar-refractivity contribution in [2.75, 3.05) is 5.32 Å². The topological polar surface area (TPSA) is 41.5 Å². The molecule has 31 heavy (non-hydrogen) atoms. The Morgan fingerprint density at radius 2 is 1.97 bits per heavy atom. The van der Waals surface area contributed by atoms with Crippen LogP contribution in [0, 0.1) is 18.3 Å². The summed E-state index contributed by atoms with van der Waals surface area (Å²) in [5.41, 5.74) is 4.10. The molecule has 1 atom stereocenters. The van der Waals surface area contributed by atoms with Crippen LogP contribution < -0.4 is 5.32 Å². The number of nitrogens with one attached hydrogen (secondary N) is 1. The highest BCUT2D eigenvalue weighted by molar-refractivity contribution is 7.16. The highest BCUT2D eigenvalue weighted by Crippen LogP contribution is 2.45. The van der Waals surface area contributed by atoms with E-state index < -0.39 is 0 Å². The smallest absolute Gasteiger partial charge is 0.259 e.